The van der Waals surface area contributed by atoms with Crippen LogP contribution in [0.1, 0.15) is 19.8 Å². The molecule has 5 nitrogen and oxygen atoms in total. The van der Waals surface area contributed by atoms with Gasteiger partial charge in [-0.25, -0.2) is 0 Å². The average molecular weight is 225 g/mol. The number of hydrogen-bond acceptors (Lipinski definition) is 3. The van der Waals surface area contributed by atoms with Crippen LogP contribution in [0.25, 0.3) is 0 Å². The molecule has 1 aromatic rings. The number of aromatic nitrogens is 2. The molecule has 0 saturated heterocycles. The maximum atomic E-state index is 10.9. The molecular formula is C11H19N3O2. The predicted molar refractivity (Wildman–Crippen MR) is 61.2 cm³/mol. The number of aryl methyl sites for hydroxylation is 1. The van der Waals surface area contributed by atoms with Crippen molar-refractivity contribution in [2.75, 3.05) is 13.6 Å². The fourth-order valence-corrected chi connectivity index (χ4v) is 1.75. The van der Waals surface area contributed by atoms with Crippen molar-refractivity contribution in [2.24, 2.45) is 0 Å². The molecule has 1 heterocycles. The number of carboxylic acids is 1. The van der Waals surface area contributed by atoms with Gasteiger partial charge in [0.2, 0.25) is 0 Å². The first-order valence-corrected chi connectivity index (χ1v) is 5.55. The van der Waals surface area contributed by atoms with E-state index in [1.165, 1.54) is 0 Å². The van der Waals surface area contributed by atoms with Gasteiger partial charge in [-0.05, 0) is 26.0 Å². The van der Waals surface area contributed by atoms with Crippen molar-refractivity contribution in [3.05, 3.63) is 18.5 Å². The van der Waals surface area contributed by atoms with Crippen LogP contribution < -0.4 is 0 Å². The number of rotatable bonds is 7. The zero-order valence-electron chi connectivity index (χ0n) is 9.83. The van der Waals surface area contributed by atoms with Crippen molar-refractivity contribution < 1.29 is 9.90 Å². The Labute approximate surface area is 95.7 Å². The summed E-state index contributed by atoms with van der Waals surface area (Å²) in [6.07, 6.45) is 5.19. The summed E-state index contributed by atoms with van der Waals surface area (Å²) in [6.45, 7) is 3.49. The zero-order chi connectivity index (χ0) is 12.0. The number of nitrogens with zero attached hydrogens (tertiary/aromatic N) is 3. The fourth-order valence-electron chi connectivity index (χ4n) is 1.75. The first-order chi connectivity index (χ1) is 7.65. The van der Waals surface area contributed by atoms with Crippen molar-refractivity contribution in [3.8, 4) is 0 Å². The summed E-state index contributed by atoms with van der Waals surface area (Å²) >= 11 is 0. The van der Waals surface area contributed by atoms with Gasteiger partial charge in [0.05, 0.1) is 0 Å². The Kier molecular flexibility index (Phi) is 4.98. The molecule has 0 aliphatic carbocycles. The van der Waals surface area contributed by atoms with E-state index in [9.17, 15) is 4.79 Å². The van der Waals surface area contributed by atoms with E-state index >= 15 is 0 Å². The number of likely N-dealkylation sites (N-methyl/N-ethyl adjacent to an activating group) is 1. The van der Waals surface area contributed by atoms with E-state index in [4.69, 9.17) is 5.11 Å². The van der Waals surface area contributed by atoms with Crippen molar-refractivity contribution in [1.82, 2.24) is 14.7 Å². The first-order valence-electron chi connectivity index (χ1n) is 5.55. The zero-order valence-corrected chi connectivity index (χ0v) is 9.83. The third-order valence-corrected chi connectivity index (χ3v) is 2.66. The van der Waals surface area contributed by atoms with Gasteiger partial charge in [0, 0.05) is 25.5 Å². The molecule has 5 heteroatoms. The van der Waals surface area contributed by atoms with Gasteiger partial charge in [0.1, 0.15) is 6.04 Å². The summed E-state index contributed by atoms with van der Waals surface area (Å²) in [5, 5.41) is 13.1. The molecule has 0 unspecified atom stereocenters. The molecule has 1 N–H and O–H groups in total. The highest BCUT2D eigenvalue weighted by atomic mass is 16.4. The molecule has 0 spiro atoms. The van der Waals surface area contributed by atoms with Crippen LogP contribution >= 0.6 is 0 Å². The van der Waals surface area contributed by atoms with E-state index in [1.807, 2.05) is 35.8 Å². The molecule has 0 radical (unpaired) electrons. The Morgan fingerprint density at radius 3 is 2.88 bits per heavy atom. The van der Waals surface area contributed by atoms with Crippen molar-refractivity contribution in [1.29, 1.82) is 0 Å². The Morgan fingerprint density at radius 2 is 2.38 bits per heavy atom. The quantitative estimate of drug-likeness (QED) is 0.754. The highest BCUT2D eigenvalue weighted by molar-refractivity contribution is 5.73. The van der Waals surface area contributed by atoms with Gasteiger partial charge >= 0.3 is 5.97 Å². The maximum absolute atomic E-state index is 10.9. The lowest BCUT2D eigenvalue weighted by molar-refractivity contribution is -0.142. The minimum atomic E-state index is -0.746. The largest absolute Gasteiger partial charge is 0.480 e. The number of hydrogen-bond donors (Lipinski definition) is 1. The molecule has 1 atom stereocenters. The monoisotopic (exact) mass is 225 g/mol. The average Bonchev–Trinajstić information content (AvgIpc) is 2.71. The van der Waals surface area contributed by atoms with Crippen LogP contribution in [0.4, 0.5) is 0 Å². The molecule has 90 valence electrons. The summed E-state index contributed by atoms with van der Waals surface area (Å²) in [4.78, 5) is 12.8. The summed E-state index contributed by atoms with van der Waals surface area (Å²) in [5.74, 6) is -0.746. The molecule has 0 saturated carbocycles. The first kappa shape index (κ1) is 12.7. The van der Waals surface area contributed by atoms with Crippen LogP contribution in [0.15, 0.2) is 18.5 Å². The van der Waals surface area contributed by atoms with Gasteiger partial charge in [0.25, 0.3) is 0 Å². The lowest BCUT2D eigenvalue weighted by Crippen LogP contribution is -2.38. The summed E-state index contributed by atoms with van der Waals surface area (Å²) in [7, 11) is 1.85. The van der Waals surface area contributed by atoms with Crippen LogP contribution in [-0.2, 0) is 11.3 Å². The highest BCUT2D eigenvalue weighted by Crippen LogP contribution is 2.03. The number of aliphatic carboxylic acids is 1. The Bertz CT molecular complexity index is 311. The van der Waals surface area contributed by atoms with Gasteiger partial charge in [-0.1, -0.05) is 6.92 Å². The van der Waals surface area contributed by atoms with Gasteiger partial charge in [-0.15, -0.1) is 0 Å². The molecule has 0 fully saturated rings. The smallest absolute Gasteiger partial charge is 0.320 e. The fraction of sp³-hybridized carbons (Fsp3) is 0.636. The van der Waals surface area contributed by atoms with Gasteiger partial charge in [-0.2, -0.15) is 5.10 Å². The molecule has 0 amide bonds. The predicted octanol–water partition coefficient (Wildman–Crippen LogP) is 1.07. The Hall–Kier alpha value is -1.36. The summed E-state index contributed by atoms with van der Waals surface area (Å²) in [5.41, 5.74) is 0. The molecule has 0 aliphatic rings. The second kappa shape index (κ2) is 6.27. The SMILES string of the molecule is CC[C@@H](C(=O)O)N(C)CCCn1cccn1. The molecular weight excluding hydrogens is 206 g/mol. The number of carbonyl (C=O) groups is 1. The van der Waals surface area contributed by atoms with Crippen LogP contribution in [0.2, 0.25) is 0 Å². The van der Waals surface area contributed by atoms with Crippen molar-refractivity contribution >= 4 is 5.97 Å². The van der Waals surface area contributed by atoms with Crippen LogP contribution in [0.5, 0.6) is 0 Å². The Morgan fingerprint density at radius 1 is 1.62 bits per heavy atom. The maximum Gasteiger partial charge on any atom is 0.320 e. The molecule has 0 bridgehead atoms. The van der Waals surface area contributed by atoms with Crippen molar-refractivity contribution in [3.63, 3.8) is 0 Å². The van der Waals surface area contributed by atoms with Gasteiger partial charge < -0.3 is 5.11 Å². The van der Waals surface area contributed by atoms with E-state index in [-0.39, 0.29) is 6.04 Å². The van der Waals surface area contributed by atoms with E-state index in [2.05, 4.69) is 5.10 Å². The van der Waals surface area contributed by atoms with Crippen LogP contribution in [0.3, 0.4) is 0 Å². The number of carboxylic acid groups (broad SMARTS) is 1. The third kappa shape index (κ3) is 3.66. The van der Waals surface area contributed by atoms with Crippen molar-refractivity contribution in [2.45, 2.75) is 32.4 Å². The lowest BCUT2D eigenvalue weighted by Gasteiger charge is -2.23. The molecule has 1 rings (SSSR count). The van der Waals surface area contributed by atoms with E-state index in [1.54, 1.807) is 6.20 Å². The second-order valence-corrected chi connectivity index (χ2v) is 3.87. The normalized spacial score (nSPS) is 12.9. The molecule has 1 aromatic heterocycles. The molecule has 16 heavy (non-hydrogen) atoms. The summed E-state index contributed by atoms with van der Waals surface area (Å²) < 4.78 is 1.86. The van der Waals surface area contributed by atoms with Gasteiger partial charge in [0.15, 0.2) is 0 Å². The van der Waals surface area contributed by atoms with E-state index in [0.29, 0.717) is 6.42 Å². The molecule has 0 aliphatic heterocycles. The second-order valence-electron chi connectivity index (χ2n) is 3.87. The summed E-state index contributed by atoms with van der Waals surface area (Å²) in [6, 6.07) is 1.51. The third-order valence-electron chi connectivity index (χ3n) is 2.66. The standard InChI is InChI=1S/C11H19N3O2/c1-3-10(11(15)16)13(2)7-5-9-14-8-4-6-12-14/h4,6,8,10H,3,5,7,9H2,1-2H3,(H,15,16)/t10-/m0/s1. The van der Waals surface area contributed by atoms with E-state index < -0.39 is 5.97 Å². The van der Waals surface area contributed by atoms with Crippen LogP contribution in [0, 0.1) is 0 Å². The Balaban J connectivity index is 2.28. The van der Waals surface area contributed by atoms with E-state index in [0.717, 1.165) is 19.5 Å². The highest BCUT2D eigenvalue weighted by Gasteiger charge is 2.19. The minimum absolute atomic E-state index is 0.377. The topological polar surface area (TPSA) is 58.4 Å². The minimum Gasteiger partial charge on any atom is -0.480 e. The lowest BCUT2D eigenvalue weighted by atomic mass is 10.2. The van der Waals surface area contributed by atoms with Gasteiger partial charge in [-0.3, -0.25) is 14.4 Å². The molecule has 0 aromatic carbocycles. The van der Waals surface area contributed by atoms with Crippen LogP contribution in [-0.4, -0.2) is 45.4 Å².